The maximum absolute atomic E-state index is 12.8. The Hall–Kier alpha value is -3.99. The third-order valence-electron chi connectivity index (χ3n) is 5.68. The Morgan fingerprint density at radius 2 is 2.00 bits per heavy atom. The van der Waals surface area contributed by atoms with Gasteiger partial charge in [-0.15, -0.1) is 0 Å². The van der Waals surface area contributed by atoms with Crippen LogP contribution in [0.3, 0.4) is 0 Å². The van der Waals surface area contributed by atoms with Gasteiger partial charge in [0.25, 0.3) is 11.8 Å². The van der Waals surface area contributed by atoms with Gasteiger partial charge in [0, 0.05) is 24.1 Å². The van der Waals surface area contributed by atoms with Crippen molar-refractivity contribution in [1.29, 1.82) is 5.26 Å². The molecule has 0 aromatic heterocycles. The molecule has 2 atom stereocenters. The maximum atomic E-state index is 12.8. The Morgan fingerprint density at radius 1 is 1.23 bits per heavy atom. The fourth-order valence-corrected chi connectivity index (χ4v) is 4.05. The maximum Gasteiger partial charge on any atom is 0.255 e. The molecule has 4 rings (SSSR count). The topological polar surface area (TPSA) is 119 Å². The van der Waals surface area contributed by atoms with Crippen LogP contribution < -0.4 is 10.6 Å². The Kier molecular flexibility index (Phi) is 5.26. The number of carbonyl (C=O) groups is 4. The molecule has 1 fully saturated rings. The Balaban J connectivity index is 1.50. The zero-order valence-electron chi connectivity index (χ0n) is 16.8. The van der Waals surface area contributed by atoms with Gasteiger partial charge in [-0.2, -0.15) is 5.26 Å². The average molecular weight is 416 g/mol. The summed E-state index contributed by atoms with van der Waals surface area (Å²) in [5.74, 6) is -1.42. The molecule has 2 aromatic carbocycles. The van der Waals surface area contributed by atoms with E-state index in [-0.39, 0.29) is 43.1 Å². The fraction of sp³-hybridized carbons (Fsp3) is 0.261. The smallest absolute Gasteiger partial charge is 0.255 e. The van der Waals surface area contributed by atoms with Gasteiger partial charge < -0.3 is 10.2 Å². The normalized spacial score (nSPS) is 18.8. The SMILES string of the molecule is CC(NC(=O)c1ccc2c(c1)CN(C1CCC(=O)NC1=O)C2=O)c1ccccc1C#N. The van der Waals surface area contributed by atoms with Crippen LogP contribution in [0.2, 0.25) is 0 Å². The molecule has 31 heavy (non-hydrogen) atoms. The van der Waals surface area contributed by atoms with Gasteiger partial charge in [-0.25, -0.2) is 0 Å². The highest BCUT2D eigenvalue weighted by Gasteiger charge is 2.39. The molecule has 156 valence electrons. The minimum atomic E-state index is -0.697. The summed E-state index contributed by atoms with van der Waals surface area (Å²) in [5.41, 5.74) is 2.71. The van der Waals surface area contributed by atoms with Gasteiger partial charge in [0.05, 0.1) is 17.7 Å². The van der Waals surface area contributed by atoms with Crippen molar-refractivity contribution in [1.82, 2.24) is 15.5 Å². The highest BCUT2D eigenvalue weighted by Crippen LogP contribution is 2.28. The fourth-order valence-electron chi connectivity index (χ4n) is 4.05. The highest BCUT2D eigenvalue weighted by atomic mass is 16.2. The van der Waals surface area contributed by atoms with Crippen LogP contribution in [-0.2, 0) is 16.1 Å². The van der Waals surface area contributed by atoms with E-state index in [1.165, 1.54) is 4.90 Å². The molecular weight excluding hydrogens is 396 g/mol. The number of piperidine rings is 1. The van der Waals surface area contributed by atoms with E-state index in [9.17, 15) is 24.4 Å². The van der Waals surface area contributed by atoms with Crippen molar-refractivity contribution in [2.45, 2.75) is 38.4 Å². The van der Waals surface area contributed by atoms with E-state index in [2.05, 4.69) is 16.7 Å². The summed E-state index contributed by atoms with van der Waals surface area (Å²) >= 11 is 0. The monoisotopic (exact) mass is 416 g/mol. The van der Waals surface area contributed by atoms with Crippen LogP contribution in [0.4, 0.5) is 0 Å². The van der Waals surface area contributed by atoms with Crippen molar-refractivity contribution in [3.8, 4) is 6.07 Å². The molecule has 2 aromatic rings. The number of rotatable bonds is 4. The second-order valence-corrected chi connectivity index (χ2v) is 7.67. The van der Waals surface area contributed by atoms with Crippen molar-refractivity contribution in [2.75, 3.05) is 0 Å². The number of nitrogens with zero attached hydrogens (tertiary/aromatic N) is 2. The van der Waals surface area contributed by atoms with Crippen LogP contribution in [-0.4, -0.2) is 34.6 Å². The number of hydrogen-bond donors (Lipinski definition) is 2. The minimum Gasteiger partial charge on any atom is -0.345 e. The van der Waals surface area contributed by atoms with Crippen molar-refractivity contribution >= 4 is 23.6 Å². The number of nitrogens with one attached hydrogen (secondary N) is 2. The zero-order valence-corrected chi connectivity index (χ0v) is 16.8. The van der Waals surface area contributed by atoms with Gasteiger partial charge in [0.1, 0.15) is 6.04 Å². The number of hydrogen-bond acceptors (Lipinski definition) is 5. The van der Waals surface area contributed by atoms with Gasteiger partial charge in [-0.1, -0.05) is 18.2 Å². The molecule has 2 aliphatic rings. The summed E-state index contributed by atoms with van der Waals surface area (Å²) in [7, 11) is 0. The van der Waals surface area contributed by atoms with E-state index < -0.39 is 11.9 Å². The van der Waals surface area contributed by atoms with Gasteiger partial charge in [-0.05, 0) is 48.7 Å². The molecule has 0 bridgehead atoms. The predicted octanol–water partition coefficient (Wildman–Crippen LogP) is 1.81. The van der Waals surface area contributed by atoms with E-state index in [0.29, 0.717) is 22.3 Å². The van der Waals surface area contributed by atoms with Crippen LogP contribution >= 0.6 is 0 Å². The van der Waals surface area contributed by atoms with Crippen molar-refractivity contribution in [2.24, 2.45) is 0 Å². The summed E-state index contributed by atoms with van der Waals surface area (Å²) in [6, 6.07) is 12.9. The first-order valence-electron chi connectivity index (χ1n) is 9.96. The number of imide groups is 1. The standard InChI is InChI=1S/C23H20N4O4/c1-13(17-5-3-2-4-15(17)11-24)25-21(29)14-6-7-18-16(10-14)12-27(23(18)31)19-8-9-20(28)26-22(19)30/h2-7,10,13,19H,8-9,12H2,1H3,(H,25,29)(H,26,28,30). The van der Waals surface area contributed by atoms with Crippen LogP contribution in [0.5, 0.6) is 0 Å². The molecule has 4 amide bonds. The van der Waals surface area contributed by atoms with E-state index in [1.807, 2.05) is 6.07 Å². The van der Waals surface area contributed by atoms with Crippen LogP contribution in [0.15, 0.2) is 42.5 Å². The van der Waals surface area contributed by atoms with Crippen molar-refractivity contribution in [3.63, 3.8) is 0 Å². The molecule has 2 heterocycles. The van der Waals surface area contributed by atoms with Crippen molar-refractivity contribution < 1.29 is 19.2 Å². The number of benzene rings is 2. The summed E-state index contributed by atoms with van der Waals surface area (Å²) in [5, 5.41) is 14.4. The largest absolute Gasteiger partial charge is 0.345 e. The lowest BCUT2D eigenvalue weighted by molar-refractivity contribution is -0.136. The molecule has 2 N–H and O–H groups in total. The zero-order chi connectivity index (χ0) is 22.1. The van der Waals surface area contributed by atoms with E-state index in [0.717, 1.165) is 5.56 Å². The third-order valence-corrected chi connectivity index (χ3v) is 5.68. The number of nitriles is 1. The Bertz CT molecular complexity index is 1150. The Labute approximate surface area is 178 Å². The number of amides is 4. The van der Waals surface area contributed by atoms with Crippen LogP contribution in [0.1, 0.15) is 63.2 Å². The molecule has 8 nitrogen and oxygen atoms in total. The third kappa shape index (κ3) is 3.78. The van der Waals surface area contributed by atoms with E-state index in [1.54, 1.807) is 43.3 Å². The molecule has 0 spiro atoms. The average Bonchev–Trinajstić information content (AvgIpc) is 3.09. The van der Waals surface area contributed by atoms with E-state index in [4.69, 9.17) is 0 Å². The van der Waals surface area contributed by atoms with Gasteiger partial charge in [-0.3, -0.25) is 24.5 Å². The number of carbonyl (C=O) groups excluding carboxylic acids is 4. The highest BCUT2D eigenvalue weighted by molar-refractivity contribution is 6.06. The summed E-state index contributed by atoms with van der Waals surface area (Å²) in [6.45, 7) is 2.00. The lowest BCUT2D eigenvalue weighted by Crippen LogP contribution is -2.52. The Morgan fingerprint density at radius 3 is 2.74 bits per heavy atom. The molecule has 0 aliphatic carbocycles. The molecule has 2 aliphatic heterocycles. The first-order valence-corrected chi connectivity index (χ1v) is 9.96. The second kappa shape index (κ2) is 8.03. The first-order chi connectivity index (χ1) is 14.9. The quantitative estimate of drug-likeness (QED) is 0.737. The molecule has 8 heteroatoms. The lowest BCUT2D eigenvalue weighted by atomic mass is 10.0. The molecule has 1 saturated heterocycles. The second-order valence-electron chi connectivity index (χ2n) is 7.67. The van der Waals surface area contributed by atoms with Gasteiger partial charge in [0.15, 0.2) is 0 Å². The molecular formula is C23H20N4O4. The van der Waals surface area contributed by atoms with Gasteiger partial charge >= 0.3 is 0 Å². The van der Waals surface area contributed by atoms with E-state index >= 15 is 0 Å². The van der Waals surface area contributed by atoms with Crippen LogP contribution in [0.25, 0.3) is 0 Å². The van der Waals surface area contributed by atoms with Gasteiger partial charge in [0.2, 0.25) is 11.8 Å². The molecule has 0 saturated carbocycles. The summed E-state index contributed by atoms with van der Waals surface area (Å²) < 4.78 is 0. The van der Waals surface area contributed by atoms with Crippen molar-refractivity contribution in [3.05, 3.63) is 70.3 Å². The summed E-state index contributed by atoms with van der Waals surface area (Å²) in [6.07, 6.45) is 0.472. The minimum absolute atomic E-state index is 0.187. The number of fused-ring (bicyclic) bond motifs is 1. The summed E-state index contributed by atoms with van der Waals surface area (Å²) in [4.78, 5) is 50.5. The van der Waals surface area contributed by atoms with Crippen LogP contribution in [0, 0.1) is 11.3 Å². The first kappa shape index (κ1) is 20.3. The predicted molar refractivity (Wildman–Crippen MR) is 110 cm³/mol. The lowest BCUT2D eigenvalue weighted by Gasteiger charge is -2.29. The molecule has 2 unspecified atom stereocenters. The molecule has 0 radical (unpaired) electrons.